The SMILES string of the molecule is CC(CN(C)CC1CCCN(S(C)(=O)=O)C1)C(N)=S. The van der Waals surface area contributed by atoms with E-state index in [1.807, 2.05) is 14.0 Å². The molecule has 2 N–H and O–H groups in total. The molecular weight excluding hydrogens is 282 g/mol. The Labute approximate surface area is 122 Å². The lowest BCUT2D eigenvalue weighted by Crippen LogP contribution is -2.43. The van der Waals surface area contributed by atoms with Gasteiger partial charge in [0.2, 0.25) is 10.0 Å². The number of thiocarbonyl (C=S) groups is 1. The van der Waals surface area contributed by atoms with Crippen molar-refractivity contribution >= 4 is 27.2 Å². The summed E-state index contributed by atoms with van der Waals surface area (Å²) in [5.74, 6) is 0.585. The Morgan fingerprint density at radius 2 is 2.21 bits per heavy atom. The summed E-state index contributed by atoms with van der Waals surface area (Å²) in [5.41, 5.74) is 5.61. The molecular formula is C12H25N3O2S2. The second kappa shape index (κ2) is 6.97. The highest BCUT2D eigenvalue weighted by Gasteiger charge is 2.26. The van der Waals surface area contributed by atoms with Crippen LogP contribution in [0.25, 0.3) is 0 Å². The normalized spacial score (nSPS) is 23.5. The molecule has 112 valence electrons. The fourth-order valence-corrected chi connectivity index (χ4v) is 3.57. The van der Waals surface area contributed by atoms with Crippen molar-refractivity contribution in [3.8, 4) is 0 Å². The standard InChI is InChI=1S/C12H25N3O2S2/c1-10(12(13)18)7-14(2)8-11-5-4-6-15(9-11)19(3,16)17/h10-11H,4-9H2,1-3H3,(H2,13,18). The van der Waals surface area contributed by atoms with Gasteiger partial charge in [0.25, 0.3) is 0 Å². The molecule has 19 heavy (non-hydrogen) atoms. The summed E-state index contributed by atoms with van der Waals surface area (Å²) < 4.78 is 24.7. The van der Waals surface area contributed by atoms with Crippen LogP contribution >= 0.6 is 12.2 Å². The number of nitrogens with two attached hydrogens (primary N) is 1. The van der Waals surface area contributed by atoms with Crippen molar-refractivity contribution in [2.45, 2.75) is 19.8 Å². The van der Waals surface area contributed by atoms with Crippen LogP contribution in [0.2, 0.25) is 0 Å². The van der Waals surface area contributed by atoms with Crippen molar-refractivity contribution in [1.29, 1.82) is 0 Å². The fraction of sp³-hybridized carbons (Fsp3) is 0.917. The Kier molecular flexibility index (Phi) is 6.16. The van der Waals surface area contributed by atoms with Gasteiger partial charge in [-0.1, -0.05) is 19.1 Å². The van der Waals surface area contributed by atoms with Gasteiger partial charge in [-0.05, 0) is 25.8 Å². The highest BCUT2D eigenvalue weighted by molar-refractivity contribution is 7.88. The second-order valence-corrected chi connectivity index (χ2v) is 8.11. The molecule has 1 aliphatic rings. The van der Waals surface area contributed by atoms with Gasteiger partial charge >= 0.3 is 0 Å². The van der Waals surface area contributed by atoms with E-state index in [0.717, 1.165) is 25.9 Å². The van der Waals surface area contributed by atoms with Crippen molar-refractivity contribution in [2.75, 3.05) is 39.5 Å². The molecule has 0 aromatic heterocycles. The number of sulfonamides is 1. The van der Waals surface area contributed by atoms with Gasteiger partial charge in [0, 0.05) is 32.1 Å². The molecule has 0 aromatic carbocycles. The number of piperidine rings is 1. The largest absolute Gasteiger partial charge is 0.393 e. The minimum absolute atomic E-state index is 0.189. The first-order valence-electron chi connectivity index (χ1n) is 6.63. The third-order valence-electron chi connectivity index (χ3n) is 3.59. The molecule has 0 aliphatic carbocycles. The van der Waals surface area contributed by atoms with Gasteiger partial charge < -0.3 is 10.6 Å². The topological polar surface area (TPSA) is 66.6 Å². The first kappa shape index (κ1) is 16.8. The van der Waals surface area contributed by atoms with Crippen LogP contribution in [0.3, 0.4) is 0 Å². The Morgan fingerprint density at radius 3 is 2.74 bits per heavy atom. The molecule has 7 heteroatoms. The molecule has 0 bridgehead atoms. The maximum atomic E-state index is 11.6. The van der Waals surface area contributed by atoms with Crippen LogP contribution in [-0.2, 0) is 10.0 Å². The van der Waals surface area contributed by atoms with E-state index in [1.54, 1.807) is 4.31 Å². The summed E-state index contributed by atoms with van der Waals surface area (Å²) in [4.78, 5) is 2.73. The van der Waals surface area contributed by atoms with Crippen molar-refractivity contribution in [3.63, 3.8) is 0 Å². The molecule has 1 fully saturated rings. The zero-order valence-electron chi connectivity index (χ0n) is 12.0. The molecule has 0 spiro atoms. The first-order chi connectivity index (χ1) is 8.70. The summed E-state index contributed by atoms with van der Waals surface area (Å²) in [7, 11) is -1.02. The lowest BCUT2D eigenvalue weighted by atomic mass is 9.99. The minimum atomic E-state index is -3.06. The highest BCUT2D eigenvalue weighted by atomic mass is 32.2. The molecule has 5 nitrogen and oxygen atoms in total. The predicted octanol–water partition coefficient (Wildman–Crippen LogP) is 0.512. The van der Waals surface area contributed by atoms with E-state index in [2.05, 4.69) is 4.90 Å². The molecule has 0 radical (unpaired) electrons. The van der Waals surface area contributed by atoms with E-state index in [1.165, 1.54) is 6.26 Å². The molecule has 2 atom stereocenters. The second-order valence-electron chi connectivity index (χ2n) is 5.65. The van der Waals surface area contributed by atoms with Gasteiger partial charge in [0.15, 0.2) is 0 Å². The van der Waals surface area contributed by atoms with Crippen LogP contribution < -0.4 is 5.73 Å². The van der Waals surface area contributed by atoms with Crippen molar-refractivity contribution < 1.29 is 8.42 Å². The number of nitrogens with zero attached hydrogens (tertiary/aromatic N) is 2. The van der Waals surface area contributed by atoms with E-state index in [9.17, 15) is 8.42 Å². The summed E-state index contributed by atoms with van der Waals surface area (Å²) in [6.07, 6.45) is 3.31. The van der Waals surface area contributed by atoms with E-state index in [-0.39, 0.29) is 5.92 Å². The summed E-state index contributed by atoms with van der Waals surface area (Å²) in [6, 6.07) is 0. The Morgan fingerprint density at radius 1 is 1.58 bits per heavy atom. The van der Waals surface area contributed by atoms with E-state index in [0.29, 0.717) is 24.0 Å². The molecule has 1 saturated heterocycles. The maximum Gasteiger partial charge on any atom is 0.211 e. The first-order valence-corrected chi connectivity index (χ1v) is 8.88. The lowest BCUT2D eigenvalue weighted by molar-refractivity contribution is 0.195. The zero-order chi connectivity index (χ0) is 14.6. The zero-order valence-corrected chi connectivity index (χ0v) is 13.6. The van der Waals surface area contributed by atoms with Gasteiger partial charge in [-0.2, -0.15) is 0 Å². The minimum Gasteiger partial charge on any atom is -0.393 e. The summed E-state index contributed by atoms with van der Waals surface area (Å²) in [5, 5.41) is 0. The van der Waals surface area contributed by atoms with Crippen molar-refractivity contribution in [1.82, 2.24) is 9.21 Å². The summed E-state index contributed by atoms with van der Waals surface area (Å²) >= 11 is 4.97. The van der Waals surface area contributed by atoms with Gasteiger partial charge in [0.1, 0.15) is 0 Å². The maximum absolute atomic E-state index is 11.6. The molecule has 1 heterocycles. The quantitative estimate of drug-likeness (QED) is 0.724. The van der Waals surface area contributed by atoms with Crippen LogP contribution in [0.5, 0.6) is 0 Å². The van der Waals surface area contributed by atoms with Gasteiger partial charge in [-0.25, -0.2) is 12.7 Å². The average Bonchev–Trinajstić information content (AvgIpc) is 2.27. The third-order valence-corrected chi connectivity index (χ3v) is 5.26. The fourth-order valence-electron chi connectivity index (χ4n) is 2.55. The van der Waals surface area contributed by atoms with Crippen LogP contribution in [0.1, 0.15) is 19.8 Å². The van der Waals surface area contributed by atoms with Crippen LogP contribution in [0, 0.1) is 11.8 Å². The average molecular weight is 307 g/mol. The van der Waals surface area contributed by atoms with E-state index < -0.39 is 10.0 Å². The number of hydrogen-bond acceptors (Lipinski definition) is 4. The smallest absolute Gasteiger partial charge is 0.211 e. The molecule has 0 saturated carbocycles. The van der Waals surface area contributed by atoms with Gasteiger partial charge in [-0.15, -0.1) is 0 Å². The number of hydrogen-bond donors (Lipinski definition) is 1. The molecule has 0 aromatic rings. The van der Waals surface area contributed by atoms with Crippen LogP contribution in [0.15, 0.2) is 0 Å². The molecule has 1 rings (SSSR count). The van der Waals surface area contributed by atoms with Crippen molar-refractivity contribution in [2.24, 2.45) is 17.6 Å². The Bertz CT molecular complexity index is 411. The Balaban J connectivity index is 2.46. The predicted molar refractivity (Wildman–Crippen MR) is 82.6 cm³/mol. The van der Waals surface area contributed by atoms with Crippen LogP contribution in [-0.4, -0.2) is 62.1 Å². The van der Waals surface area contributed by atoms with Crippen LogP contribution in [0.4, 0.5) is 0 Å². The third kappa shape index (κ3) is 5.72. The molecule has 1 aliphatic heterocycles. The van der Waals surface area contributed by atoms with E-state index >= 15 is 0 Å². The monoisotopic (exact) mass is 307 g/mol. The number of rotatable bonds is 6. The lowest BCUT2D eigenvalue weighted by Gasteiger charge is -2.33. The molecule has 0 amide bonds. The highest BCUT2D eigenvalue weighted by Crippen LogP contribution is 2.19. The van der Waals surface area contributed by atoms with E-state index in [4.69, 9.17) is 18.0 Å². The van der Waals surface area contributed by atoms with Gasteiger partial charge in [0.05, 0.1) is 11.2 Å². The van der Waals surface area contributed by atoms with Gasteiger partial charge in [-0.3, -0.25) is 0 Å². The van der Waals surface area contributed by atoms with Crippen molar-refractivity contribution in [3.05, 3.63) is 0 Å². The summed E-state index contributed by atoms with van der Waals surface area (Å²) in [6.45, 7) is 5.01. The molecule has 2 unspecified atom stereocenters. The Hall–Kier alpha value is -0.240.